The van der Waals surface area contributed by atoms with Crippen molar-refractivity contribution in [3.05, 3.63) is 205 Å². The van der Waals surface area contributed by atoms with E-state index in [-0.39, 0.29) is 5.41 Å². The van der Waals surface area contributed by atoms with E-state index in [9.17, 15) is 0 Å². The first-order valence-corrected chi connectivity index (χ1v) is 19.9. The number of oxazole rings is 2. The van der Waals surface area contributed by atoms with Gasteiger partial charge in [0.05, 0.1) is 17.1 Å². The van der Waals surface area contributed by atoms with Gasteiger partial charge >= 0.3 is 0 Å². The molecule has 0 spiro atoms. The molecular formula is C53H38N4O2. The maximum Gasteiger partial charge on any atom is 0.227 e. The summed E-state index contributed by atoms with van der Waals surface area (Å²) in [6, 6.07) is 67.7. The van der Waals surface area contributed by atoms with Crippen LogP contribution in [0.4, 0.5) is 34.1 Å². The lowest BCUT2D eigenvalue weighted by Crippen LogP contribution is -2.30. The normalized spacial score (nSPS) is 13.0. The summed E-state index contributed by atoms with van der Waals surface area (Å²) in [4.78, 5) is 14.3. The van der Waals surface area contributed by atoms with Crippen LogP contribution in [0.15, 0.2) is 203 Å². The maximum absolute atomic E-state index is 6.24. The summed E-state index contributed by atoms with van der Waals surface area (Å²) < 4.78 is 12.4. The van der Waals surface area contributed by atoms with Crippen molar-refractivity contribution in [3.63, 3.8) is 0 Å². The molecule has 0 amide bonds. The number of rotatable bonds is 7. The number of aromatic nitrogens is 2. The van der Waals surface area contributed by atoms with Gasteiger partial charge in [0, 0.05) is 39.2 Å². The van der Waals surface area contributed by atoms with Gasteiger partial charge in [-0.15, -0.1) is 0 Å². The average Bonchev–Trinajstić information content (AvgIpc) is 3.93. The lowest BCUT2D eigenvalue weighted by Gasteiger charge is -2.42. The third-order valence-corrected chi connectivity index (χ3v) is 11.5. The Hall–Kier alpha value is -7.70. The zero-order valence-electron chi connectivity index (χ0n) is 32.6. The molecule has 0 N–H and O–H groups in total. The monoisotopic (exact) mass is 762 g/mol. The molecule has 1 aliphatic rings. The molecule has 6 nitrogen and oxygen atoms in total. The molecule has 1 aliphatic heterocycles. The number of nitrogens with zero attached hydrogens (tertiary/aromatic N) is 4. The summed E-state index contributed by atoms with van der Waals surface area (Å²) in [6.07, 6.45) is 0. The van der Waals surface area contributed by atoms with E-state index < -0.39 is 0 Å². The van der Waals surface area contributed by atoms with Crippen LogP contribution in [0.25, 0.3) is 56.2 Å². The molecule has 2 aromatic heterocycles. The van der Waals surface area contributed by atoms with E-state index in [2.05, 4.69) is 169 Å². The second kappa shape index (κ2) is 13.7. The highest BCUT2D eigenvalue weighted by atomic mass is 16.4. The minimum atomic E-state index is -0.271. The van der Waals surface area contributed by atoms with Crippen molar-refractivity contribution in [2.45, 2.75) is 19.3 Å². The maximum atomic E-state index is 6.24. The minimum Gasteiger partial charge on any atom is -0.436 e. The number of fused-ring (bicyclic) bond motifs is 4. The summed E-state index contributed by atoms with van der Waals surface area (Å²) >= 11 is 0. The number of hydrogen-bond donors (Lipinski definition) is 0. The van der Waals surface area contributed by atoms with Crippen LogP contribution in [0.5, 0.6) is 0 Å². The Kier molecular flexibility index (Phi) is 8.05. The standard InChI is InChI=1S/C53H38N4O2/c1-53(2)42-17-7-11-21-47(42)57(48-33-26-37(34-43(48)53)52-55-45-19-9-13-23-50(45)59-52)40-31-29-39(30-32-40)56(46-20-10-6-16-41(46)35-14-4-3-5-15-35)38-27-24-36(25-28-38)51-54-44-18-8-12-22-49(44)58-51/h3-34H,1-2H3. The largest absolute Gasteiger partial charge is 0.436 e. The Morgan fingerprint density at radius 2 is 1.00 bits per heavy atom. The van der Waals surface area contributed by atoms with Crippen molar-refractivity contribution in [1.82, 2.24) is 9.97 Å². The summed E-state index contributed by atoms with van der Waals surface area (Å²) in [5.74, 6) is 1.22. The molecule has 0 atom stereocenters. The molecule has 0 bridgehead atoms. The molecule has 0 aliphatic carbocycles. The van der Waals surface area contributed by atoms with E-state index in [1.807, 2.05) is 48.5 Å². The lowest BCUT2D eigenvalue weighted by molar-refractivity contribution is 0.615. The van der Waals surface area contributed by atoms with E-state index in [0.29, 0.717) is 11.8 Å². The van der Waals surface area contributed by atoms with Crippen LogP contribution >= 0.6 is 0 Å². The van der Waals surface area contributed by atoms with Crippen molar-refractivity contribution in [1.29, 1.82) is 0 Å². The Labute approximate surface area is 342 Å². The fourth-order valence-corrected chi connectivity index (χ4v) is 8.57. The summed E-state index contributed by atoms with van der Waals surface area (Å²) in [5, 5.41) is 0. The molecule has 0 radical (unpaired) electrons. The Balaban J connectivity index is 1.02. The van der Waals surface area contributed by atoms with Gasteiger partial charge < -0.3 is 18.6 Å². The molecule has 11 rings (SSSR count). The predicted molar refractivity (Wildman–Crippen MR) is 239 cm³/mol. The van der Waals surface area contributed by atoms with Crippen molar-refractivity contribution in [2.24, 2.45) is 0 Å². The third kappa shape index (κ3) is 5.88. The second-order valence-corrected chi connectivity index (χ2v) is 15.5. The molecule has 0 saturated heterocycles. The van der Waals surface area contributed by atoms with Crippen LogP contribution in [0.2, 0.25) is 0 Å². The summed E-state index contributed by atoms with van der Waals surface area (Å²) in [5.41, 5.74) is 16.1. The first kappa shape index (κ1) is 34.5. The smallest absolute Gasteiger partial charge is 0.227 e. The Morgan fingerprint density at radius 3 is 1.69 bits per heavy atom. The van der Waals surface area contributed by atoms with Crippen molar-refractivity contribution in [3.8, 4) is 34.0 Å². The van der Waals surface area contributed by atoms with Gasteiger partial charge in [0.25, 0.3) is 0 Å². The molecule has 3 heterocycles. The molecule has 10 aromatic rings. The third-order valence-electron chi connectivity index (χ3n) is 11.5. The first-order chi connectivity index (χ1) is 29.0. The van der Waals surface area contributed by atoms with Gasteiger partial charge in [0.1, 0.15) is 11.0 Å². The Morgan fingerprint density at radius 1 is 0.458 bits per heavy atom. The van der Waals surface area contributed by atoms with E-state index in [1.54, 1.807) is 0 Å². The van der Waals surface area contributed by atoms with Gasteiger partial charge in [-0.05, 0) is 120 Å². The van der Waals surface area contributed by atoms with Crippen LogP contribution in [0, 0.1) is 0 Å². The minimum absolute atomic E-state index is 0.271. The molecule has 0 fully saturated rings. The van der Waals surface area contributed by atoms with E-state index in [1.165, 1.54) is 11.1 Å². The number of anilines is 6. The van der Waals surface area contributed by atoms with Crippen LogP contribution in [-0.4, -0.2) is 9.97 Å². The predicted octanol–water partition coefficient (Wildman–Crippen LogP) is 14.5. The zero-order valence-corrected chi connectivity index (χ0v) is 32.6. The fraction of sp³-hybridized carbons (Fsp3) is 0.0566. The molecule has 0 unspecified atom stereocenters. The molecular weight excluding hydrogens is 725 g/mol. The average molecular weight is 763 g/mol. The highest BCUT2D eigenvalue weighted by Crippen LogP contribution is 2.53. The van der Waals surface area contributed by atoms with Gasteiger partial charge in [0.15, 0.2) is 11.2 Å². The Bertz CT molecular complexity index is 3080. The van der Waals surface area contributed by atoms with E-state index >= 15 is 0 Å². The van der Waals surface area contributed by atoms with Gasteiger partial charge in [0.2, 0.25) is 11.8 Å². The number of para-hydroxylation sites is 6. The van der Waals surface area contributed by atoms with Crippen molar-refractivity contribution >= 4 is 56.3 Å². The van der Waals surface area contributed by atoms with Gasteiger partial charge in [-0.25, -0.2) is 9.97 Å². The SMILES string of the molecule is CC1(C)c2ccccc2N(c2ccc(N(c3ccc(-c4nc5ccccc5o4)cc3)c3ccccc3-c3ccccc3)cc2)c2ccc(-c3nc4ccccc4o3)cc21. The fourth-order valence-electron chi connectivity index (χ4n) is 8.57. The summed E-state index contributed by atoms with van der Waals surface area (Å²) in [7, 11) is 0. The van der Waals surface area contributed by atoms with Gasteiger partial charge in [-0.1, -0.05) is 105 Å². The summed E-state index contributed by atoms with van der Waals surface area (Å²) in [6.45, 7) is 4.61. The molecule has 6 heteroatoms. The second-order valence-electron chi connectivity index (χ2n) is 15.5. The quantitative estimate of drug-likeness (QED) is 0.161. The van der Waals surface area contributed by atoms with Crippen LogP contribution in [0.3, 0.4) is 0 Å². The lowest BCUT2D eigenvalue weighted by atomic mass is 9.73. The number of hydrogen-bond acceptors (Lipinski definition) is 6. The highest BCUT2D eigenvalue weighted by molar-refractivity contribution is 5.91. The van der Waals surface area contributed by atoms with Crippen molar-refractivity contribution < 1.29 is 8.83 Å². The topological polar surface area (TPSA) is 58.5 Å². The first-order valence-electron chi connectivity index (χ1n) is 19.9. The molecule has 59 heavy (non-hydrogen) atoms. The zero-order chi connectivity index (χ0) is 39.5. The van der Waals surface area contributed by atoms with E-state index in [0.717, 1.165) is 78.6 Å². The number of benzene rings is 8. The van der Waals surface area contributed by atoms with Crippen molar-refractivity contribution in [2.75, 3.05) is 9.80 Å². The van der Waals surface area contributed by atoms with Crippen LogP contribution < -0.4 is 9.80 Å². The van der Waals surface area contributed by atoms with Crippen LogP contribution in [0.1, 0.15) is 25.0 Å². The van der Waals surface area contributed by atoms with Crippen LogP contribution in [-0.2, 0) is 5.41 Å². The molecule has 282 valence electrons. The molecule has 8 aromatic carbocycles. The highest BCUT2D eigenvalue weighted by Gasteiger charge is 2.37. The van der Waals surface area contributed by atoms with Gasteiger partial charge in [-0.2, -0.15) is 0 Å². The molecule has 0 saturated carbocycles. The van der Waals surface area contributed by atoms with Gasteiger partial charge in [-0.3, -0.25) is 0 Å². The van der Waals surface area contributed by atoms with E-state index in [4.69, 9.17) is 18.8 Å².